The van der Waals surface area contributed by atoms with E-state index in [2.05, 4.69) is 4.98 Å². The van der Waals surface area contributed by atoms with E-state index in [4.69, 9.17) is 4.74 Å². The molecule has 0 fully saturated rings. The molecule has 0 unspecified atom stereocenters. The average Bonchev–Trinajstić information content (AvgIpc) is 2.91. The molecule has 94 valence electrons. The molecule has 0 bridgehead atoms. The third-order valence-electron chi connectivity index (χ3n) is 2.59. The van der Waals surface area contributed by atoms with E-state index in [1.54, 1.807) is 30.6 Å². The lowest BCUT2D eigenvalue weighted by Gasteiger charge is -2.03. The van der Waals surface area contributed by atoms with Crippen molar-refractivity contribution in [3.63, 3.8) is 0 Å². The van der Waals surface area contributed by atoms with Gasteiger partial charge in [-0.3, -0.25) is 4.98 Å². The molecule has 0 aliphatic rings. The summed E-state index contributed by atoms with van der Waals surface area (Å²) in [5.74, 6) is -0.119. The number of nitrogens with zero attached hydrogens (tertiary/aromatic N) is 1. The number of hydrogen-bond acceptors (Lipinski definition) is 3. The molecule has 2 aromatic heterocycles. The van der Waals surface area contributed by atoms with Gasteiger partial charge in [0.1, 0.15) is 0 Å². The van der Waals surface area contributed by atoms with E-state index in [1.165, 1.54) is 17.4 Å². The van der Waals surface area contributed by atoms with Gasteiger partial charge in [-0.2, -0.15) is 0 Å². The van der Waals surface area contributed by atoms with Crippen molar-refractivity contribution in [3.8, 4) is 21.3 Å². The fraction of sp³-hybridized carbons (Fsp3) is 0. The quantitative estimate of drug-likeness (QED) is 0.686. The van der Waals surface area contributed by atoms with Gasteiger partial charge in [0, 0.05) is 17.3 Å². The summed E-state index contributed by atoms with van der Waals surface area (Å²) in [6.07, 6.45) is 3.49. The van der Waals surface area contributed by atoms with Crippen LogP contribution in [0.25, 0.3) is 10.4 Å². The summed E-state index contributed by atoms with van der Waals surface area (Å²) >= 11 is 1.47. The van der Waals surface area contributed by atoms with Crippen molar-refractivity contribution in [1.29, 1.82) is 0 Å². The van der Waals surface area contributed by atoms with Crippen LogP contribution in [0.2, 0.25) is 0 Å². The van der Waals surface area contributed by atoms with Gasteiger partial charge >= 0.3 is 0 Å². The monoisotopic (exact) mass is 271 g/mol. The van der Waals surface area contributed by atoms with Crippen molar-refractivity contribution in [1.82, 2.24) is 4.98 Å². The maximum Gasteiger partial charge on any atom is 0.181 e. The van der Waals surface area contributed by atoms with Crippen molar-refractivity contribution in [3.05, 3.63) is 66.7 Å². The number of hydrogen-bond donors (Lipinski definition) is 0. The van der Waals surface area contributed by atoms with Crippen LogP contribution in [-0.2, 0) is 0 Å². The minimum absolute atomic E-state index is 0.241. The van der Waals surface area contributed by atoms with Crippen molar-refractivity contribution in [2.45, 2.75) is 0 Å². The van der Waals surface area contributed by atoms with Gasteiger partial charge in [0.15, 0.2) is 16.6 Å². The maximum absolute atomic E-state index is 13.5. The fourth-order valence-electron chi connectivity index (χ4n) is 1.68. The van der Waals surface area contributed by atoms with Gasteiger partial charge in [0.2, 0.25) is 0 Å². The normalized spacial score (nSPS) is 10.4. The SMILES string of the molecule is Fc1ccccc1Oc1ccc(-c2ccncc2)s1. The van der Waals surface area contributed by atoms with Gasteiger partial charge in [0.25, 0.3) is 0 Å². The summed E-state index contributed by atoms with van der Waals surface area (Å²) in [5, 5.41) is 0.664. The molecule has 0 aliphatic heterocycles. The summed E-state index contributed by atoms with van der Waals surface area (Å²) in [4.78, 5) is 5.04. The van der Waals surface area contributed by atoms with Crippen LogP contribution >= 0.6 is 11.3 Å². The molecule has 0 radical (unpaired) electrons. The molecule has 3 aromatic rings. The summed E-state index contributed by atoms with van der Waals surface area (Å²) in [6.45, 7) is 0. The third-order valence-corrected chi connectivity index (χ3v) is 3.61. The van der Waals surface area contributed by atoms with Crippen LogP contribution in [0.15, 0.2) is 60.9 Å². The molecule has 0 spiro atoms. The van der Waals surface area contributed by atoms with Crippen molar-refractivity contribution in [2.24, 2.45) is 0 Å². The van der Waals surface area contributed by atoms with E-state index in [0.29, 0.717) is 5.06 Å². The molecule has 19 heavy (non-hydrogen) atoms. The Labute approximate surface area is 114 Å². The highest BCUT2D eigenvalue weighted by Gasteiger charge is 2.07. The molecule has 0 saturated heterocycles. The maximum atomic E-state index is 13.5. The first-order chi connectivity index (χ1) is 9.33. The molecule has 0 amide bonds. The highest BCUT2D eigenvalue weighted by molar-refractivity contribution is 7.17. The zero-order valence-corrected chi connectivity index (χ0v) is 10.7. The molecule has 2 nitrogen and oxygen atoms in total. The van der Waals surface area contributed by atoms with E-state index in [9.17, 15) is 4.39 Å². The van der Waals surface area contributed by atoms with Crippen molar-refractivity contribution >= 4 is 11.3 Å². The predicted octanol–water partition coefficient (Wildman–Crippen LogP) is 4.74. The first kappa shape index (κ1) is 11.9. The van der Waals surface area contributed by atoms with Crippen LogP contribution < -0.4 is 4.74 Å². The van der Waals surface area contributed by atoms with E-state index < -0.39 is 0 Å². The standard InChI is InChI=1S/C15H10FNOS/c16-12-3-1-2-4-13(12)18-15-6-5-14(19-15)11-7-9-17-10-8-11/h1-10H. The number of benzene rings is 1. The Bertz CT molecular complexity index is 681. The molecular weight excluding hydrogens is 261 g/mol. The first-order valence-corrected chi connectivity index (χ1v) is 6.57. The van der Waals surface area contributed by atoms with Crippen LogP contribution in [-0.4, -0.2) is 4.98 Å². The molecule has 2 heterocycles. The van der Waals surface area contributed by atoms with Crippen molar-refractivity contribution in [2.75, 3.05) is 0 Å². The zero-order chi connectivity index (χ0) is 13.1. The van der Waals surface area contributed by atoms with E-state index in [-0.39, 0.29) is 11.6 Å². The number of para-hydroxylation sites is 1. The zero-order valence-electron chi connectivity index (χ0n) is 9.92. The van der Waals surface area contributed by atoms with Crippen LogP contribution in [0.4, 0.5) is 4.39 Å². The number of pyridine rings is 1. The molecule has 0 N–H and O–H groups in total. The Hall–Kier alpha value is -2.20. The van der Waals surface area contributed by atoms with Gasteiger partial charge < -0.3 is 4.74 Å². The first-order valence-electron chi connectivity index (χ1n) is 5.75. The molecule has 0 saturated carbocycles. The molecular formula is C15H10FNOS. The lowest BCUT2D eigenvalue weighted by Crippen LogP contribution is -1.84. The second-order valence-electron chi connectivity index (χ2n) is 3.89. The van der Waals surface area contributed by atoms with Crippen LogP contribution in [0.3, 0.4) is 0 Å². The Balaban J connectivity index is 1.85. The third kappa shape index (κ3) is 2.63. The largest absolute Gasteiger partial charge is 0.444 e. The van der Waals surface area contributed by atoms with Gasteiger partial charge in [-0.1, -0.05) is 23.5 Å². The Morgan fingerprint density at radius 1 is 0.947 bits per heavy atom. The van der Waals surface area contributed by atoms with Gasteiger partial charge in [-0.15, -0.1) is 0 Å². The molecule has 4 heteroatoms. The summed E-state index contributed by atoms with van der Waals surface area (Å²) in [6, 6.07) is 14.0. The number of ether oxygens (including phenoxy) is 1. The summed E-state index contributed by atoms with van der Waals surface area (Å²) in [7, 11) is 0. The number of halogens is 1. The molecule has 3 rings (SSSR count). The summed E-state index contributed by atoms with van der Waals surface area (Å²) in [5.41, 5.74) is 1.07. The second kappa shape index (κ2) is 5.20. The van der Waals surface area contributed by atoms with E-state index in [0.717, 1.165) is 10.4 Å². The average molecular weight is 271 g/mol. The lowest BCUT2D eigenvalue weighted by molar-refractivity contribution is 0.452. The van der Waals surface area contributed by atoms with Crippen LogP contribution in [0.1, 0.15) is 0 Å². The highest BCUT2D eigenvalue weighted by atomic mass is 32.1. The Morgan fingerprint density at radius 3 is 2.53 bits per heavy atom. The Kier molecular flexibility index (Phi) is 3.25. The minimum Gasteiger partial charge on any atom is -0.444 e. The minimum atomic E-state index is -0.360. The van der Waals surface area contributed by atoms with Gasteiger partial charge in [-0.05, 0) is 42.0 Å². The molecule has 1 aromatic carbocycles. The van der Waals surface area contributed by atoms with Gasteiger partial charge in [-0.25, -0.2) is 4.39 Å². The fourth-order valence-corrected chi connectivity index (χ4v) is 2.56. The van der Waals surface area contributed by atoms with Crippen molar-refractivity contribution < 1.29 is 9.13 Å². The molecule has 0 atom stereocenters. The van der Waals surface area contributed by atoms with Crippen LogP contribution in [0, 0.1) is 5.82 Å². The predicted molar refractivity (Wildman–Crippen MR) is 74.0 cm³/mol. The summed E-state index contributed by atoms with van der Waals surface area (Å²) < 4.78 is 19.0. The smallest absolute Gasteiger partial charge is 0.181 e. The second-order valence-corrected chi connectivity index (χ2v) is 4.93. The number of rotatable bonds is 3. The van der Waals surface area contributed by atoms with E-state index in [1.807, 2.05) is 24.3 Å². The van der Waals surface area contributed by atoms with Gasteiger partial charge in [0.05, 0.1) is 0 Å². The van der Waals surface area contributed by atoms with Crippen LogP contribution in [0.5, 0.6) is 10.8 Å². The highest BCUT2D eigenvalue weighted by Crippen LogP contribution is 2.35. The number of thiophene rings is 1. The van der Waals surface area contributed by atoms with E-state index >= 15 is 0 Å². The Morgan fingerprint density at radius 2 is 1.74 bits per heavy atom. The lowest BCUT2D eigenvalue weighted by atomic mass is 10.2. The molecule has 0 aliphatic carbocycles. The number of aromatic nitrogens is 1. The topological polar surface area (TPSA) is 22.1 Å².